The number of aryl methyl sites for hydroxylation is 2. The molecule has 2 N–H and O–H groups in total. The second kappa shape index (κ2) is 5.38. The molecule has 106 valence electrons. The molecule has 0 bridgehead atoms. The summed E-state index contributed by atoms with van der Waals surface area (Å²) in [5.41, 5.74) is -1.02. The number of hydrogen-bond acceptors (Lipinski definition) is 4. The number of nitrogens with one attached hydrogen (secondary N) is 1. The van der Waals surface area contributed by atoms with Crippen LogP contribution in [-0.2, 0) is 16.1 Å². The average Bonchev–Trinajstić information content (AvgIpc) is 2.56. The number of hydrogen-bond donors (Lipinski definition) is 2. The first kappa shape index (κ1) is 15.1. The van der Waals surface area contributed by atoms with E-state index >= 15 is 0 Å². The van der Waals surface area contributed by atoms with Gasteiger partial charge in [-0.1, -0.05) is 0 Å². The Labute approximate surface area is 112 Å². The maximum absolute atomic E-state index is 11.9. The molecule has 19 heavy (non-hydrogen) atoms. The molecule has 1 rings (SSSR count). The van der Waals surface area contributed by atoms with Crippen molar-refractivity contribution in [3.8, 4) is 0 Å². The molecule has 1 heterocycles. The summed E-state index contributed by atoms with van der Waals surface area (Å²) >= 11 is 0. The van der Waals surface area contributed by atoms with E-state index in [4.69, 9.17) is 5.11 Å². The lowest BCUT2D eigenvalue weighted by Gasteiger charge is -2.27. The summed E-state index contributed by atoms with van der Waals surface area (Å²) in [7, 11) is 0. The first-order chi connectivity index (χ1) is 8.64. The lowest BCUT2D eigenvalue weighted by atomic mass is 9.85. The van der Waals surface area contributed by atoms with Crippen LogP contribution in [0.5, 0.6) is 0 Å². The Morgan fingerprint density at radius 1 is 1.42 bits per heavy atom. The first-order valence-electron chi connectivity index (χ1n) is 6.05. The molecule has 1 amide bonds. The van der Waals surface area contributed by atoms with Crippen molar-refractivity contribution in [2.24, 2.45) is 5.41 Å². The van der Waals surface area contributed by atoms with E-state index in [2.05, 4.69) is 15.4 Å². The summed E-state index contributed by atoms with van der Waals surface area (Å²) in [4.78, 5) is 27.0. The summed E-state index contributed by atoms with van der Waals surface area (Å²) in [6.45, 7) is 8.37. The van der Waals surface area contributed by atoms with E-state index in [-0.39, 0.29) is 12.5 Å². The van der Waals surface area contributed by atoms with Crippen molar-refractivity contribution < 1.29 is 14.7 Å². The smallest absolute Gasteiger partial charge is 0.311 e. The Hall–Kier alpha value is -1.92. The van der Waals surface area contributed by atoms with Crippen LogP contribution in [0.25, 0.3) is 0 Å². The van der Waals surface area contributed by atoms with E-state index < -0.39 is 17.4 Å². The van der Waals surface area contributed by atoms with Gasteiger partial charge in [-0.15, -0.1) is 0 Å². The van der Waals surface area contributed by atoms with Gasteiger partial charge in [0.2, 0.25) is 5.91 Å². The van der Waals surface area contributed by atoms with Gasteiger partial charge in [-0.25, -0.2) is 9.67 Å². The molecular weight excluding hydrogens is 248 g/mol. The topological polar surface area (TPSA) is 97.1 Å². The highest BCUT2D eigenvalue weighted by atomic mass is 16.4. The maximum atomic E-state index is 11.9. The van der Waals surface area contributed by atoms with Gasteiger partial charge in [-0.2, -0.15) is 5.10 Å². The van der Waals surface area contributed by atoms with Crippen molar-refractivity contribution in [1.82, 2.24) is 20.1 Å². The number of aromatic nitrogens is 3. The van der Waals surface area contributed by atoms with Gasteiger partial charge in [0.1, 0.15) is 18.2 Å². The van der Waals surface area contributed by atoms with E-state index in [0.717, 1.165) is 0 Å². The van der Waals surface area contributed by atoms with Crippen LogP contribution in [0.4, 0.5) is 0 Å². The van der Waals surface area contributed by atoms with Crippen LogP contribution >= 0.6 is 0 Å². The zero-order chi connectivity index (χ0) is 14.8. The van der Waals surface area contributed by atoms with Crippen molar-refractivity contribution in [2.75, 3.05) is 0 Å². The van der Waals surface area contributed by atoms with Crippen LogP contribution in [0.3, 0.4) is 0 Å². The monoisotopic (exact) mass is 268 g/mol. The number of nitrogens with zero attached hydrogens (tertiary/aromatic N) is 3. The highest BCUT2D eigenvalue weighted by Gasteiger charge is 2.34. The lowest BCUT2D eigenvalue weighted by molar-refractivity contribution is -0.148. The number of aliphatic carboxylic acids is 1. The lowest BCUT2D eigenvalue weighted by Crippen LogP contribution is -2.48. The molecule has 0 aliphatic heterocycles. The molecular formula is C12H20N4O3. The summed E-state index contributed by atoms with van der Waals surface area (Å²) in [6.07, 6.45) is 0. The number of rotatable bonds is 5. The molecule has 0 fully saturated rings. The zero-order valence-corrected chi connectivity index (χ0v) is 11.9. The van der Waals surface area contributed by atoms with Gasteiger partial charge >= 0.3 is 5.97 Å². The van der Waals surface area contributed by atoms with Gasteiger partial charge in [0, 0.05) is 6.04 Å². The molecule has 0 radical (unpaired) electrons. The van der Waals surface area contributed by atoms with Gasteiger partial charge in [0.25, 0.3) is 0 Å². The third-order valence-electron chi connectivity index (χ3n) is 3.27. The summed E-state index contributed by atoms with van der Waals surface area (Å²) in [5, 5.41) is 15.8. The highest BCUT2D eigenvalue weighted by Crippen LogP contribution is 2.20. The first-order valence-corrected chi connectivity index (χ1v) is 6.05. The standard InChI is InChI=1S/C12H20N4O3/c1-7(12(4,5)11(18)19)13-10(17)6-16-9(3)14-8(2)15-16/h7H,6H2,1-5H3,(H,13,17)(H,18,19). The Kier molecular flexibility index (Phi) is 4.28. The summed E-state index contributed by atoms with van der Waals surface area (Å²) in [6, 6.07) is -0.484. The van der Waals surface area contributed by atoms with Crippen molar-refractivity contribution >= 4 is 11.9 Å². The van der Waals surface area contributed by atoms with Crippen LogP contribution in [0.2, 0.25) is 0 Å². The second-order valence-electron chi connectivity index (χ2n) is 5.18. The Balaban J connectivity index is 2.66. The molecule has 1 atom stereocenters. The van der Waals surface area contributed by atoms with Gasteiger partial charge in [0.05, 0.1) is 5.41 Å². The molecule has 1 aromatic rings. The fourth-order valence-electron chi connectivity index (χ4n) is 1.50. The fourth-order valence-corrected chi connectivity index (χ4v) is 1.50. The van der Waals surface area contributed by atoms with Crippen LogP contribution in [0, 0.1) is 19.3 Å². The van der Waals surface area contributed by atoms with Crippen molar-refractivity contribution in [2.45, 2.75) is 47.2 Å². The van der Waals surface area contributed by atoms with Gasteiger partial charge in [-0.05, 0) is 34.6 Å². The highest BCUT2D eigenvalue weighted by molar-refractivity contribution is 5.79. The normalized spacial score (nSPS) is 13.1. The number of carbonyl (C=O) groups excluding carboxylic acids is 1. The molecule has 0 saturated heterocycles. The predicted molar refractivity (Wildman–Crippen MR) is 68.5 cm³/mol. The molecule has 0 aromatic carbocycles. The molecule has 7 nitrogen and oxygen atoms in total. The zero-order valence-electron chi connectivity index (χ0n) is 11.9. The van der Waals surface area contributed by atoms with Crippen LogP contribution in [-0.4, -0.2) is 37.8 Å². The van der Waals surface area contributed by atoms with Gasteiger partial charge in [-0.3, -0.25) is 9.59 Å². The van der Waals surface area contributed by atoms with Gasteiger partial charge < -0.3 is 10.4 Å². The number of carboxylic acids is 1. The fraction of sp³-hybridized carbons (Fsp3) is 0.667. The predicted octanol–water partition coefficient (Wildman–Crippen LogP) is 0.510. The minimum absolute atomic E-state index is 0.0344. The van der Waals surface area contributed by atoms with E-state index in [9.17, 15) is 9.59 Å². The average molecular weight is 268 g/mol. The molecule has 0 aliphatic rings. The minimum atomic E-state index is -1.02. The van der Waals surface area contributed by atoms with Crippen LogP contribution < -0.4 is 5.32 Å². The molecule has 1 aromatic heterocycles. The molecule has 1 unspecified atom stereocenters. The quantitative estimate of drug-likeness (QED) is 0.811. The Morgan fingerprint density at radius 2 is 2.00 bits per heavy atom. The second-order valence-corrected chi connectivity index (χ2v) is 5.18. The van der Waals surface area contributed by atoms with Crippen molar-refractivity contribution in [3.05, 3.63) is 11.6 Å². The van der Waals surface area contributed by atoms with E-state index in [1.165, 1.54) is 4.68 Å². The van der Waals surface area contributed by atoms with Crippen LogP contribution in [0.15, 0.2) is 0 Å². The Morgan fingerprint density at radius 3 is 2.42 bits per heavy atom. The third kappa shape index (κ3) is 3.52. The van der Waals surface area contributed by atoms with E-state index in [0.29, 0.717) is 11.6 Å². The molecule has 7 heteroatoms. The molecule has 0 aliphatic carbocycles. The van der Waals surface area contributed by atoms with Crippen molar-refractivity contribution in [3.63, 3.8) is 0 Å². The van der Waals surface area contributed by atoms with Crippen LogP contribution in [0.1, 0.15) is 32.4 Å². The van der Waals surface area contributed by atoms with Gasteiger partial charge in [0.15, 0.2) is 0 Å². The number of amides is 1. The van der Waals surface area contributed by atoms with Crippen molar-refractivity contribution in [1.29, 1.82) is 0 Å². The van der Waals surface area contributed by atoms with E-state index in [1.54, 1.807) is 34.6 Å². The summed E-state index contributed by atoms with van der Waals surface area (Å²) in [5.74, 6) is 0.0184. The molecule has 0 saturated carbocycles. The largest absolute Gasteiger partial charge is 0.481 e. The minimum Gasteiger partial charge on any atom is -0.481 e. The SMILES string of the molecule is Cc1nc(C)n(CC(=O)NC(C)C(C)(C)C(=O)O)n1. The summed E-state index contributed by atoms with van der Waals surface area (Å²) < 4.78 is 1.49. The molecule has 0 spiro atoms. The number of carboxylic acid groups (broad SMARTS) is 1. The third-order valence-corrected chi connectivity index (χ3v) is 3.27. The Bertz CT molecular complexity index is 493. The van der Waals surface area contributed by atoms with E-state index in [1.807, 2.05) is 0 Å². The maximum Gasteiger partial charge on any atom is 0.311 e. The number of carbonyl (C=O) groups is 2.